The second-order valence-electron chi connectivity index (χ2n) is 13.1. The van der Waals surface area contributed by atoms with Gasteiger partial charge >= 0.3 is 0 Å². The molecule has 8 rings (SSSR count). The van der Waals surface area contributed by atoms with Crippen molar-refractivity contribution in [2.75, 3.05) is 33.2 Å². The predicted octanol–water partition coefficient (Wildman–Crippen LogP) is 6.66. The average molecular weight is 706 g/mol. The molecule has 0 radical (unpaired) electrons. The summed E-state index contributed by atoms with van der Waals surface area (Å²) in [6.07, 6.45) is 17.0. The van der Waals surface area contributed by atoms with Crippen LogP contribution >= 0.6 is 11.3 Å². The molecule has 1 aromatic carbocycles. The van der Waals surface area contributed by atoms with E-state index in [0.29, 0.717) is 72.8 Å². The number of rotatable bonds is 10. The molecule has 5 heterocycles. The van der Waals surface area contributed by atoms with Crippen LogP contribution in [0.4, 0.5) is 5.69 Å². The molecule has 11 nitrogen and oxygen atoms in total. The summed E-state index contributed by atoms with van der Waals surface area (Å²) in [4.78, 5) is 1.23. The van der Waals surface area contributed by atoms with Gasteiger partial charge in [0.05, 0.1) is 51.7 Å². The number of anilines is 1. The monoisotopic (exact) mass is 705 g/mol. The van der Waals surface area contributed by atoms with Crippen molar-refractivity contribution in [3.05, 3.63) is 122 Å². The second-order valence-corrected chi connectivity index (χ2v) is 14.0. The Balaban J connectivity index is 0.917. The van der Waals surface area contributed by atoms with Gasteiger partial charge in [-0.25, -0.2) is 0 Å². The third-order valence-corrected chi connectivity index (χ3v) is 10.9. The number of allylic oxidation sites excluding steroid dienone is 8. The van der Waals surface area contributed by atoms with Crippen molar-refractivity contribution in [2.45, 2.75) is 32.4 Å². The Bertz CT molecular complexity index is 2150. The minimum Gasteiger partial charge on any atom is -0.618 e. The molecule has 2 N–H and O–H groups in total. The molecule has 0 bridgehead atoms. The minimum absolute atomic E-state index is 0.0189. The summed E-state index contributed by atoms with van der Waals surface area (Å²) in [7, 11) is 3.18. The second kappa shape index (κ2) is 13.6. The van der Waals surface area contributed by atoms with E-state index in [2.05, 4.69) is 28.2 Å². The molecule has 12 heteroatoms. The summed E-state index contributed by atoms with van der Waals surface area (Å²) in [6, 6.07) is 12.0. The van der Waals surface area contributed by atoms with E-state index in [-0.39, 0.29) is 11.8 Å². The van der Waals surface area contributed by atoms with Gasteiger partial charge in [-0.2, -0.15) is 9.48 Å². The topological polar surface area (TPSA) is 125 Å². The van der Waals surface area contributed by atoms with Crippen LogP contribution in [-0.4, -0.2) is 58.5 Å². The predicted molar refractivity (Wildman–Crippen MR) is 199 cm³/mol. The van der Waals surface area contributed by atoms with Gasteiger partial charge in [0, 0.05) is 42.2 Å². The molecule has 262 valence electrons. The molecule has 51 heavy (non-hydrogen) atoms. The van der Waals surface area contributed by atoms with E-state index in [9.17, 15) is 10.4 Å². The summed E-state index contributed by atoms with van der Waals surface area (Å²) < 4.78 is 29.9. The Morgan fingerprint density at radius 2 is 1.31 bits per heavy atom. The molecule has 0 saturated heterocycles. The van der Waals surface area contributed by atoms with Gasteiger partial charge in [0.25, 0.3) is 0 Å². The fourth-order valence-corrected chi connectivity index (χ4v) is 8.17. The number of hydroxylamine groups is 2. The largest absolute Gasteiger partial charge is 0.618 e. The van der Waals surface area contributed by atoms with Crippen molar-refractivity contribution in [2.24, 2.45) is 11.8 Å². The zero-order chi connectivity index (χ0) is 35.1. The van der Waals surface area contributed by atoms with Gasteiger partial charge in [-0.1, -0.05) is 30.4 Å². The number of hydrogen-bond acceptors (Lipinski definition) is 8. The Hall–Kier alpha value is -5.62. The first kappa shape index (κ1) is 32.6. The van der Waals surface area contributed by atoms with E-state index in [4.69, 9.17) is 24.7 Å². The van der Waals surface area contributed by atoms with Gasteiger partial charge < -0.3 is 44.2 Å². The van der Waals surface area contributed by atoms with Gasteiger partial charge in [-0.05, 0) is 53.1 Å². The highest BCUT2D eigenvalue weighted by atomic mass is 32.1. The molecule has 0 amide bonds. The highest BCUT2D eigenvalue weighted by Crippen LogP contribution is 2.41. The standard InChI is InChI=1S/C39H39N5O6S/c1-47-38-33-21-43(45)31-12-8-26(25-6-10-30(40)11-7-25)17-28(31)19-41(33)23-35(38)49-14-4-15-50-36-24-42-20-29-18-27(37-5-3-16-51-37)9-13-32(29)44(46)22-34(42)39(36)48-2/h3,5-13,16,21-24,28-29H,4,14-15,17-20,40H2,1-2H3. The highest BCUT2D eigenvalue weighted by molar-refractivity contribution is 7.11. The molecule has 0 fully saturated rings. The van der Waals surface area contributed by atoms with Crippen molar-refractivity contribution in [1.82, 2.24) is 9.13 Å². The maximum atomic E-state index is 13.3. The molecule has 2 atom stereocenters. The number of nitrogens with zero attached hydrogens (tertiary/aromatic N) is 4. The Morgan fingerprint density at radius 3 is 1.84 bits per heavy atom. The summed E-state index contributed by atoms with van der Waals surface area (Å²) in [5.41, 5.74) is 12.9. The Morgan fingerprint density at radius 1 is 0.765 bits per heavy atom. The van der Waals surface area contributed by atoms with Crippen molar-refractivity contribution < 1.29 is 28.4 Å². The maximum Gasteiger partial charge on any atom is 0.208 e. The molecule has 2 aliphatic carbocycles. The molecule has 4 aromatic rings. The fraction of sp³-hybridized carbons (Fsp3) is 0.282. The first-order chi connectivity index (χ1) is 24.9. The van der Waals surface area contributed by atoms with Crippen LogP contribution in [0.15, 0.2) is 89.9 Å². The van der Waals surface area contributed by atoms with E-state index in [0.717, 1.165) is 44.8 Å². The number of nitrogen functional groups attached to an aromatic ring is 1. The van der Waals surface area contributed by atoms with Crippen LogP contribution in [0.2, 0.25) is 0 Å². The average Bonchev–Trinajstić information content (AvgIpc) is 3.82. The van der Waals surface area contributed by atoms with Crippen LogP contribution in [0.5, 0.6) is 23.0 Å². The van der Waals surface area contributed by atoms with Crippen LogP contribution < -0.4 is 24.7 Å². The van der Waals surface area contributed by atoms with Crippen LogP contribution in [0, 0.1) is 22.3 Å². The van der Waals surface area contributed by atoms with Gasteiger partial charge in [-0.15, -0.1) is 11.3 Å². The van der Waals surface area contributed by atoms with Crippen LogP contribution in [0.1, 0.15) is 41.1 Å². The first-order valence-electron chi connectivity index (χ1n) is 17.0. The van der Waals surface area contributed by atoms with Crippen molar-refractivity contribution in [3.63, 3.8) is 0 Å². The van der Waals surface area contributed by atoms with E-state index in [1.165, 1.54) is 10.5 Å². The summed E-state index contributed by atoms with van der Waals surface area (Å²) in [5.74, 6) is 2.21. The molecule has 0 spiro atoms. The van der Waals surface area contributed by atoms with E-state index < -0.39 is 0 Å². The number of fused-ring (bicyclic) bond motifs is 4. The van der Waals surface area contributed by atoms with Crippen LogP contribution in [0.25, 0.3) is 11.1 Å². The third kappa shape index (κ3) is 6.20. The number of aromatic nitrogens is 2. The van der Waals surface area contributed by atoms with Crippen molar-refractivity contribution in [3.8, 4) is 23.0 Å². The van der Waals surface area contributed by atoms with E-state index >= 15 is 0 Å². The molecule has 0 saturated carbocycles. The number of nitrogens with two attached hydrogens (primary N) is 1. The van der Waals surface area contributed by atoms with Crippen LogP contribution in [-0.2, 0) is 13.1 Å². The number of ether oxygens (including phenoxy) is 4. The Kier molecular flexibility index (Phi) is 8.68. The van der Waals surface area contributed by atoms with E-state index in [1.54, 1.807) is 38.0 Å². The van der Waals surface area contributed by atoms with Crippen molar-refractivity contribution >= 4 is 40.6 Å². The number of thiophene rings is 1. The zero-order valence-electron chi connectivity index (χ0n) is 28.5. The first-order valence-corrected chi connectivity index (χ1v) is 17.9. The molecular weight excluding hydrogens is 667 g/mol. The molecule has 2 aliphatic heterocycles. The lowest BCUT2D eigenvalue weighted by Gasteiger charge is -2.22. The van der Waals surface area contributed by atoms with Gasteiger partial charge in [0.1, 0.15) is 0 Å². The lowest BCUT2D eigenvalue weighted by molar-refractivity contribution is -0.404. The van der Waals surface area contributed by atoms with Gasteiger partial charge in [-0.3, -0.25) is 0 Å². The molecule has 4 aliphatic rings. The highest BCUT2D eigenvalue weighted by Gasteiger charge is 2.34. The third-order valence-electron chi connectivity index (χ3n) is 9.91. The smallest absolute Gasteiger partial charge is 0.208 e. The van der Waals surface area contributed by atoms with E-state index in [1.807, 2.05) is 59.5 Å². The fourth-order valence-electron chi connectivity index (χ4n) is 7.40. The normalized spacial score (nSPS) is 19.3. The SMILES string of the molecule is COc1c(OCCCOc2cn3c(c2OC)C=[N+]([O-])C2=CC=C(c4cccs4)CC2C3)cn2c1C=[N+]([O-])C1=CC=C(c3ccc(N)cc3)CC1C2. The number of methoxy groups -OCH3 is 2. The zero-order valence-corrected chi connectivity index (χ0v) is 29.3. The van der Waals surface area contributed by atoms with Crippen LogP contribution in [0.3, 0.4) is 0 Å². The summed E-state index contributed by atoms with van der Waals surface area (Å²) in [6.45, 7) is 1.97. The van der Waals surface area contributed by atoms with Gasteiger partial charge in [0.15, 0.2) is 45.8 Å². The quantitative estimate of drug-likeness (QED) is 0.0847. The number of benzene rings is 1. The summed E-state index contributed by atoms with van der Waals surface area (Å²) >= 11 is 1.71. The lowest BCUT2D eigenvalue weighted by Crippen LogP contribution is -2.19. The Labute approximate surface area is 299 Å². The maximum absolute atomic E-state index is 13.3. The van der Waals surface area contributed by atoms with Gasteiger partial charge in [0.2, 0.25) is 12.4 Å². The van der Waals surface area contributed by atoms with Crippen molar-refractivity contribution in [1.29, 1.82) is 0 Å². The minimum atomic E-state index is -0.0189. The summed E-state index contributed by atoms with van der Waals surface area (Å²) in [5, 5.41) is 28.6. The number of hydrogen-bond donors (Lipinski definition) is 1. The molecular formula is C39H39N5O6S. The lowest BCUT2D eigenvalue weighted by atomic mass is 9.87. The molecule has 3 aromatic heterocycles. The molecule has 2 unspecified atom stereocenters.